The normalized spacial score (nSPS) is 22.6. The molecule has 4 fully saturated rings. The van der Waals surface area contributed by atoms with E-state index in [0.717, 1.165) is 62.5 Å². The van der Waals surface area contributed by atoms with E-state index in [2.05, 4.69) is 20.8 Å². The van der Waals surface area contributed by atoms with Crippen LogP contribution in [0, 0.1) is 5.82 Å². The Hall–Kier alpha value is -3.94. The highest BCUT2D eigenvalue weighted by atomic mass is 35.5. The third kappa shape index (κ3) is 5.99. The van der Waals surface area contributed by atoms with Crippen LogP contribution in [0.15, 0.2) is 54.7 Å². The summed E-state index contributed by atoms with van der Waals surface area (Å²) in [5.41, 5.74) is 7.04. The number of fused-ring (bicyclic) bond motifs is 3. The Morgan fingerprint density at radius 3 is 2.71 bits per heavy atom. The Kier molecular flexibility index (Phi) is 8.61. The van der Waals surface area contributed by atoms with Crippen molar-refractivity contribution in [1.82, 2.24) is 40.7 Å². The molecule has 13 heteroatoms. The van der Waals surface area contributed by atoms with E-state index < -0.39 is 5.82 Å². The number of hydrazine groups is 2. The molecule has 0 bridgehead atoms. The second kappa shape index (κ2) is 13.1. The summed E-state index contributed by atoms with van der Waals surface area (Å²) in [6, 6.07) is 11.4. The van der Waals surface area contributed by atoms with Crippen LogP contribution in [0.3, 0.4) is 0 Å². The number of carbonyl (C=O) groups is 1. The summed E-state index contributed by atoms with van der Waals surface area (Å²) in [6.45, 7) is 4.49. The molecule has 49 heavy (non-hydrogen) atoms. The van der Waals surface area contributed by atoms with E-state index >= 15 is 4.39 Å². The molecule has 2 atom stereocenters. The van der Waals surface area contributed by atoms with Crippen molar-refractivity contribution in [3.05, 3.63) is 65.6 Å². The zero-order valence-corrected chi connectivity index (χ0v) is 28.6. The number of aromatic nitrogens is 3. The van der Waals surface area contributed by atoms with Gasteiger partial charge in [-0.25, -0.2) is 14.8 Å². The highest BCUT2D eigenvalue weighted by molar-refractivity contribution is 6.36. The van der Waals surface area contributed by atoms with Crippen molar-refractivity contribution in [2.75, 3.05) is 58.3 Å². The number of hydrogen-bond acceptors (Lipinski definition) is 10. The maximum absolute atomic E-state index is 16.8. The van der Waals surface area contributed by atoms with Crippen molar-refractivity contribution >= 4 is 45.0 Å². The number of rotatable bonds is 8. The number of likely N-dealkylation sites (tertiary alicyclic amines) is 1. The summed E-state index contributed by atoms with van der Waals surface area (Å²) in [6.07, 6.45) is 10.3. The smallest absolute Gasteiger partial charge is 0.319 e. The number of pyridine rings is 1. The monoisotopic (exact) mass is 685 g/mol. The zero-order chi connectivity index (χ0) is 33.7. The average molecular weight is 686 g/mol. The SMILES string of the molecule is CN1CC(/C=C/C(=O)N2CC[C@@H](N(C)c3nc(OCC45CCCN4CCC5)nc4c(F)c(-c5cccc6cccc(Cl)c56)ncc34)C2)NN1. The largest absolute Gasteiger partial charge is 0.461 e. The number of likely N-dealkylation sites (N-methyl/N-ethyl adjacent to an activating group) is 2. The van der Waals surface area contributed by atoms with Crippen molar-refractivity contribution in [3.63, 3.8) is 0 Å². The van der Waals surface area contributed by atoms with Gasteiger partial charge < -0.3 is 14.5 Å². The van der Waals surface area contributed by atoms with Gasteiger partial charge in [0.25, 0.3) is 0 Å². The third-order valence-electron chi connectivity index (χ3n) is 10.8. The van der Waals surface area contributed by atoms with Crippen LogP contribution in [0.25, 0.3) is 32.9 Å². The van der Waals surface area contributed by atoms with Crippen LogP contribution in [0.1, 0.15) is 32.1 Å². The highest BCUT2D eigenvalue weighted by Gasteiger charge is 2.45. The van der Waals surface area contributed by atoms with Crippen molar-refractivity contribution in [1.29, 1.82) is 0 Å². The van der Waals surface area contributed by atoms with E-state index in [9.17, 15) is 4.79 Å². The number of benzene rings is 2. The number of ether oxygens (including phenoxy) is 1. The molecule has 6 heterocycles. The minimum absolute atomic E-state index is 0.0225. The first-order valence-electron chi connectivity index (χ1n) is 17.1. The van der Waals surface area contributed by atoms with E-state index in [4.69, 9.17) is 26.3 Å². The first-order valence-corrected chi connectivity index (χ1v) is 17.5. The fraction of sp³-hybridized carbons (Fsp3) is 0.444. The molecule has 0 radical (unpaired) electrons. The first kappa shape index (κ1) is 32.3. The summed E-state index contributed by atoms with van der Waals surface area (Å²) < 4.78 is 23.2. The van der Waals surface area contributed by atoms with Crippen LogP contribution >= 0.6 is 11.6 Å². The lowest BCUT2D eigenvalue weighted by atomic mass is 9.95. The zero-order valence-electron chi connectivity index (χ0n) is 27.8. The summed E-state index contributed by atoms with van der Waals surface area (Å²) in [5.74, 6) is -0.0607. The van der Waals surface area contributed by atoms with Crippen LogP contribution in [0.5, 0.6) is 6.01 Å². The van der Waals surface area contributed by atoms with Crippen LogP contribution < -0.4 is 20.6 Å². The molecule has 256 valence electrons. The third-order valence-corrected chi connectivity index (χ3v) is 11.1. The van der Waals surface area contributed by atoms with Crippen molar-refractivity contribution in [2.24, 2.45) is 0 Å². The topological polar surface area (TPSA) is 102 Å². The molecule has 4 aliphatic heterocycles. The van der Waals surface area contributed by atoms with Gasteiger partial charge in [0.2, 0.25) is 5.91 Å². The van der Waals surface area contributed by atoms with E-state index in [1.54, 1.807) is 18.3 Å². The summed E-state index contributed by atoms with van der Waals surface area (Å²) >= 11 is 6.64. The Balaban J connectivity index is 1.13. The summed E-state index contributed by atoms with van der Waals surface area (Å²) in [5, 5.41) is 4.57. The predicted octanol–water partition coefficient (Wildman–Crippen LogP) is 4.56. The summed E-state index contributed by atoms with van der Waals surface area (Å²) in [4.78, 5) is 33.8. The molecule has 1 amide bonds. The number of nitrogens with one attached hydrogen (secondary N) is 2. The second-order valence-electron chi connectivity index (χ2n) is 13.8. The minimum Gasteiger partial charge on any atom is -0.461 e. The lowest BCUT2D eigenvalue weighted by Gasteiger charge is -2.31. The molecule has 0 aliphatic carbocycles. The van der Waals surface area contributed by atoms with Gasteiger partial charge >= 0.3 is 6.01 Å². The Morgan fingerprint density at radius 1 is 1.14 bits per heavy atom. The lowest BCUT2D eigenvalue weighted by Crippen LogP contribution is -2.43. The molecule has 4 aliphatic rings. The molecule has 2 N–H and O–H groups in total. The van der Waals surface area contributed by atoms with Crippen LogP contribution in [-0.4, -0.2) is 107 Å². The highest BCUT2D eigenvalue weighted by Crippen LogP contribution is 2.40. The van der Waals surface area contributed by atoms with Gasteiger partial charge in [-0.05, 0) is 56.6 Å². The van der Waals surface area contributed by atoms with Crippen molar-refractivity contribution in [2.45, 2.75) is 49.7 Å². The molecular weight excluding hydrogens is 645 g/mol. The fourth-order valence-corrected chi connectivity index (χ4v) is 8.40. The molecular formula is C36H41ClFN9O2. The Labute approximate surface area is 290 Å². The van der Waals surface area contributed by atoms with Gasteiger partial charge in [0.05, 0.1) is 17.0 Å². The maximum Gasteiger partial charge on any atom is 0.319 e. The lowest BCUT2D eigenvalue weighted by molar-refractivity contribution is -0.125. The van der Waals surface area contributed by atoms with Crippen LogP contribution in [0.2, 0.25) is 5.02 Å². The minimum atomic E-state index is -0.553. The molecule has 11 nitrogen and oxygen atoms in total. The molecule has 0 saturated carbocycles. The predicted molar refractivity (Wildman–Crippen MR) is 189 cm³/mol. The molecule has 2 aromatic heterocycles. The van der Waals surface area contributed by atoms with Gasteiger partial charge in [-0.2, -0.15) is 15.5 Å². The second-order valence-corrected chi connectivity index (χ2v) is 14.2. The van der Waals surface area contributed by atoms with Crippen molar-refractivity contribution in [3.8, 4) is 17.3 Å². The number of amides is 1. The van der Waals surface area contributed by atoms with Crippen LogP contribution in [-0.2, 0) is 4.79 Å². The van der Waals surface area contributed by atoms with Gasteiger partial charge in [-0.3, -0.25) is 14.7 Å². The molecule has 0 spiro atoms. The Bertz CT molecular complexity index is 1930. The number of anilines is 1. The maximum atomic E-state index is 16.8. The van der Waals surface area contributed by atoms with E-state index in [1.807, 2.05) is 65.3 Å². The van der Waals surface area contributed by atoms with E-state index in [1.165, 1.54) is 0 Å². The van der Waals surface area contributed by atoms with Gasteiger partial charge in [0.15, 0.2) is 5.82 Å². The van der Waals surface area contributed by atoms with Crippen LogP contribution in [0.4, 0.5) is 10.2 Å². The first-order chi connectivity index (χ1) is 23.8. The van der Waals surface area contributed by atoms with E-state index in [-0.39, 0.29) is 40.8 Å². The van der Waals surface area contributed by atoms with Crippen molar-refractivity contribution < 1.29 is 13.9 Å². The molecule has 1 unspecified atom stereocenters. The standard InChI is InChI=1S/C36H41ClFN9O2/c1-44-20-24(42-43-44)11-12-29(48)46-18-13-25(21-46)45(2)34-27-19-39-32(26-9-3-7-23-8-4-10-28(37)30(23)26)31(38)33(27)40-35(41-34)49-22-36-14-5-16-47(36)17-6-15-36/h3-4,7-12,19,24-25,42-43H,5-6,13-18,20-22H2,1-2H3/b12-11+/t24?,25-/m1/s1. The van der Waals surface area contributed by atoms with E-state index in [0.29, 0.717) is 41.5 Å². The molecule has 4 aromatic rings. The number of hydrogen-bond donors (Lipinski definition) is 2. The Morgan fingerprint density at radius 2 is 1.94 bits per heavy atom. The van der Waals surface area contributed by atoms with Gasteiger partial charge in [0.1, 0.15) is 23.6 Å². The van der Waals surface area contributed by atoms with Gasteiger partial charge in [-0.1, -0.05) is 48.0 Å². The molecule has 8 rings (SSSR count). The molecule has 2 aromatic carbocycles. The number of nitrogens with zero attached hydrogens (tertiary/aromatic N) is 7. The summed E-state index contributed by atoms with van der Waals surface area (Å²) in [7, 11) is 3.88. The molecule has 4 saturated heterocycles. The number of halogens is 2. The quantitative estimate of drug-likeness (QED) is 0.257. The van der Waals surface area contributed by atoms with Gasteiger partial charge in [-0.15, -0.1) is 0 Å². The average Bonchev–Trinajstić information content (AvgIpc) is 3.91. The fourth-order valence-electron chi connectivity index (χ4n) is 8.12. The number of carbonyl (C=O) groups excluding carboxylic acids is 1. The van der Waals surface area contributed by atoms with Gasteiger partial charge in [0, 0.05) is 68.0 Å².